The Bertz CT molecular complexity index is 836. The predicted octanol–water partition coefficient (Wildman–Crippen LogP) is 2.67. The van der Waals surface area contributed by atoms with Gasteiger partial charge < -0.3 is 9.80 Å². The number of hydrogen-bond donors (Lipinski definition) is 1. The van der Waals surface area contributed by atoms with Crippen molar-refractivity contribution >= 4 is 11.8 Å². The highest BCUT2D eigenvalue weighted by molar-refractivity contribution is 5.77. The van der Waals surface area contributed by atoms with Crippen molar-refractivity contribution in [1.29, 1.82) is 0 Å². The van der Waals surface area contributed by atoms with Crippen molar-refractivity contribution in [3.8, 4) is 0 Å². The van der Waals surface area contributed by atoms with E-state index in [9.17, 15) is 9.59 Å². The van der Waals surface area contributed by atoms with Gasteiger partial charge in [-0.2, -0.15) is 5.10 Å². The normalized spacial score (nSPS) is 23.4. The van der Waals surface area contributed by atoms with Crippen LogP contribution in [0.4, 0.5) is 0 Å². The first-order chi connectivity index (χ1) is 14.1. The lowest BCUT2D eigenvalue weighted by Crippen LogP contribution is -2.38. The summed E-state index contributed by atoms with van der Waals surface area (Å²) in [5.74, 6) is 0.778. The fraction of sp³-hybridized carbons (Fsp3) is 0.522. The minimum Gasteiger partial charge on any atom is -0.342 e. The number of nitrogens with one attached hydrogen (secondary N) is 1. The van der Waals surface area contributed by atoms with Gasteiger partial charge in [-0.25, -0.2) is 0 Å². The summed E-state index contributed by atoms with van der Waals surface area (Å²) in [4.78, 5) is 28.9. The number of fused-ring (bicyclic) bond motifs is 1. The molecule has 0 bridgehead atoms. The molecule has 4 rings (SSSR count). The van der Waals surface area contributed by atoms with E-state index in [4.69, 9.17) is 0 Å². The Labute approximate surface area is 172 Å². The second-order valence-electron chi connectivity index (χ2n) is 8.68. The third-order valence-electron chi connectivity index (χ3n) is 6.72. The van der Waals surface area contributed by atoms with E-state index in [-0.39, 0.29) is 17.2 Å². The van der Waals surface area contributed by atoms with Crippen molar-refractivity contribution in [3.05, 3.63) is 53.9 Å². The Hall–Kier alpha value is -2.63. The van der Waals surface area contributed by atoms with Gasteiger partial charge in [-0.3, -0.25) is 14.7 Å². The fourth-order valence-corrected chi connectivity index (χ4v) is 5.02. The van der Waals surface area contributed by atoms with Gasteiger partial charge in [0.2, 0.25) is 11.8 Å². The average molecular weight is 395 g/mol. The number of carbonyl (C=O) groups excluding carboxylic acids is 2. The smallest absolute Gasteiger partial charge is 0.222 e. The maximum absolute atomic E-state index is 12.9. The SMILES string of the molecule is CC(=O)N1C[C@@H]2CN(C(=O)CCCc3cn[nH]c3)C[C@]2(CCc2ccccc2)C1. The molecular formula is C23H30N4O2. The molecule has 0 radical (unpaired) electrons. The van der Waals surface area contributed by atoms with Gasteiger partial charge in [-0.1, -0.05) is 30.3 Å². The van der Waals surface area contributed by atoms with Crippen molar-refractivity contribution in [2.75, 3.05) is 26.2 Å². The molecule has 1 N–H and O–H groups in total. The van der Waals surface area contributed by atoms with Crippen LogP contribution in [-0.2, 0) is 22.4 Å². The van der Waals surface area contributed by atoms with Crippen LogP contribution in [-0.4, -0.2) is 58.0 Å². The highest BCUT2D eigenvalue weighted by atomic mass is 16.2. The van der Waals surface area contributed by atoms with Gasteiger partial charge in [0, 0.05) is 57.1 Å². The van der Waals surface area contributed by atoms with Gasteiger partial charge in [0.05, 0.1) is 6.20 Å². The molecule has 2 amide bonds. The van der Waals surface area contributed by atoms with Crippen molar-refractivity contribution in [1.82, 2.24) is 20.0 Å². The summed E-state index contributed by atoms with van der Waals surface area (Å²) in [6.45, 7) is 4.77. The quantitative estimate of drug-likeness (QED) is 0.785. The number of aromatic nitrogens is 2. The summed E-state index contributed by atoms with van der Waals surface area (Å²) < 4.78 is 0. The highest BCUT2D eigenvalue weighted by Crippen LogP contribution is 2.46. The van der Waals surface area contributed by atoms with Crippen LogP contribution in [0.25, 0.3) is 0 Å². The van der Waals surface area contributed by atoms with Gasteiger partial charge in [0.15, 0.2) is 0 Å². The van der Waals surface area contributed by atoms with Gasteiger partial charge in [0.25, 0.3) is 0 Å². The second kappa shape index (κ2) is 8.39. The van der Waals surface area contributed by atoms with Gasteiger partial charge >= 0.3 is 0 Å². The second-order valence-corrected chi connectivity index (χ2v) is 8.68. The number of likely N-dealkylation sites (tertiary alicyclic amines) is 2. The molecule has 2 aliphatic rings. The first-order valence-electron chi connectivity index (χ1n) is 10.6. The van der Waals surface area contributed by atoms with E-state index in [1.807, 2.05) is 23.4 Å². The monoisotopic (exact) mass is 394 g/mol. The van der Waals surface area contributed by atoms with Crippen LogP contribution >= 0.6 is 0 Å². The van der Waals surface area contributed by atoms with Crippen molar-refractivity contribution < 1.29 is 9.59 Å². The van der Waals surface area contributed by atoms with E-state index in [1.165, 1.54) is 5.56 Å². The van der Waals surface area contributed by atoms with Crippen LogP contribution in [0.15, 0.2) is 42.7 Å². The molecule has 2 aliphatic heterocycles. The summed E-state index contributed by atoms with van der Waals surface area (Å²) in [6, 6.07) is 10.5. The molecule has 2 saturated heterocycles. The van der Waals surface area contributed by atoms with E-state index in [2.05, 4.69) is 39.4 Å². The van der Waals surface area contributed by atoms with E-state index in [1.54, 1.807) is 6.92 Å². The van der Waals surface area contributed by atoms with Crippen LogP contribution in [0.5, 0.6) is 0 Å². The number of rotatable bonds is 7. The first-order valence-corrected chi connectivity index (χ1v) is 10.6. The number of aryl methyl sites for hydroxylation is 2. The van der Waals surface area contributed by atoms with Gasteiger partial charge in [0.1, 0.15) is 0 Å². The number of aromatic amines is 1. The summed E-state index contributed by atoms with van der Waals surface area (Å²) in [6.07, 6.45) is 8.01. The van der Waals surface area contributed by atoms with Crippen molar-refractivity contribution in [2.24, 2.45) is 11.3 Å². The molecule has 0 spiro atoms. The summed E-state index contributed by atoms with van der Waals surface area (Å²) in [7, 11) is 0. The topological polar surface area (TPSA) is 69.3 Å². The number of amides is 2. The molecule has 0 unspecified atom stereocenters. The van der Waals surface area contributed by atoms with Crippen LogP contribution in [0, 0.1) is 11.3 Å². The predicted molar refractivity (Wildman–Crippen MR) is 111 cm³/mol. The van der Waals surface area contributed by atoms with Crippen LogP contribution in [0.3, 0.4) is 0 Å². The number of hydrogen-bond acceptors (Lipinski definition) is 3. The standard InChI is InChI=1S/C23H30N4O2/c1-18(28)26-14-21-15-27(22(29)9-5-8-20-12-24-25-13-20)17-23(21,16-26)11-10-19-6-3-2-4-7-19/h2-4,6-7,12-13,21H,5,8-11,14-17H2,1H3,(H,24,25)/t21-,23+/m1/s1. The lowest BCUT2D eigenvalue weighted by Gasteiger charge is -2.29. The summed E-state index contributed by atoms with van der Waals surface area (Å²) in [5.41, 5.74) is 2.50. The average Bonchev–Trinajstić information content (AvgIpc) is 3.42. The van der Waals surface area contributed by atoms with Gasteiger partial charge in [-0.15, -0.1) is 0 Å². The lowest BCUT2D eigenvalue weighted by atomic mass is 9.76. The first kappa shape index (κ1) is 19.7. The minimum absolute atomic E-state index is 0.0295. The maximum atomic E-state index is 12.9. The van der Waals surface area contributed by atoms with E-state index >= 15 is 0 Å². The number of nitrogens with zero attached hydrogens (tertiary/aromatic N) is 3. The van der Waals surface area contributed by atoms with E-state index in [0.717, 1.165) is 57.4 Å². The van der Waals surface area contributed by atoms with Crippen LogP contribution < -0.4 is 0 Å². The molecule has 2 fully saturated rings. The molecule has 1 aromatic heterocycles. The summed E-state index contributed by atoms with van der Waals surface area (Å²) >= 11 is 0. The molecule has 1 aromatic carbocycles. The zero-order valence-corrected chi connectivity index (χ0v) is 17.1. The molecule has 6 nitrogen and oxygen atoms in total. The Kier molecular flexibility index (Phi) is 5.69. The molecule has 0 saturated carbocycles. The highest BCUT2D eigenvalue weighted by Gasteiger charge is 2.53. The molecule has 3 heterocycles. The zero-order valence-electron chi connectivity index (χ0n) is 17.1. The van der Waals surface area contributed by atoms with Crippen LogP contribution in [0.2, 0.25) is 0 Å². The molecule has 0 aliphatic carbocycles. The van der Waals surface area contributed by atoms with Crippen molar-refractivity contribution in [2.45, 2.75) is 39.0 Å². The van der Waals surface area contributed by atoms with Crippen LogP contribution in [0.1, 0.15) is 37.3 Å². The molecule has 154 valence electrons. The molecule has 6 heteroatoms. The Morgan fingerprint density at radius 1 is 1.10 bits per heavy atom. The fourth-order valence-electron chi connectivity index (χ4n) is 5.02. The zero-order chi connectivity index (χ0) is 20.3. The Morgan fingerprint density at radius 2 is 1.86 bits per heavy atom. The Balaban J connectivity index is 1.38. The number of benzene rings is 1. The number of H-pyrrole nitrogens is 1. The largest absolute Gasteiger partial charge is 0.342 e. The molecule has 29 heavy (non-hydrogen) atoms. The molecular weight excluding hydrogens is 364 g/mol. The van der Waals surface area contributed by atoms with Gasteiger partial charge in [-0.05, 0) is 36.8 Å². The number of carbonyl (C=O) groups is 2. The van der Waals surface area contributed by atoms with E-state index in [0.29, 0.717) is 12.3 Å². The minimum atomic E-state index is 0.0295. The maximum Gasteiger partial charge on any atom is 0.222 e. The third kappa shape index (κ3) is 4.36. The molecule has 2 aromatic rings. The molecule has 2 atom stereocenters. The summed E-state index contributed by atoms with van der Waals surface area (Å²) in [5, 5.41) is 6.78. The van der Waals surface area contributed by atoms with Crippen molar-refractivity contribution in [3.63, 3.8) is 0 Å². The lowest BCUT2D eigenvalue weighted by molar-refractivity contribution is -0.131. The Morgan fingerprint density at radius 3 is 2.59 bits per heavy atom. The third-order valence-corrected chi connectivity index (χ3v) is 6.72. The van der Waals surface area contributed by atoms with E-state index < -0.39 is 0 Å².